The predicted octanol–water partition coefficient (Wildman–Crippen LogP) is 2.82. The van der Waals surface area contributed by atoms with Gasteiger partial charge < -0.3 is 14.4 Å². The molecule has 0 N–H and O–H groups in total. The van der Waals surface area contributed by atoms with Crippen LogP contribution < -0.4 is 9.47 Å². The van der Waals surface area contributed by atoms with Gasteiger partial charge in [0.1, 0.15) is 0 Å². The summed E-state index contributed by atoms with van der Waals surface area (Å²) in [6.45, 7) is 3.20. The second-order valence-electron chi connectivity index (χ2n) is 5.10. The number of rotatable bonds is 2. The molecule has 1 aromatic rings. The molecule has 4 heteroatoms. The number of hydrogen-bond acceptors (Lipinski definition) is 3. The van der Waals surface area contributed by atoms with Crippen LogP contribution in [-0.4, -0.2) is 30.2 Å². The lowest BCUT2D eigenvalue weighted by molar-refractivity contribution is 0.0603. The number of likely N-dealkylation sites (tertiary alicyclic amines) is 1. The molecule has 0 bridgehead atoms. The highest BCUT2D eigenvalue weighted by molar-refractivity contribution is 5.98. The van der Waals surface area contributed by atoms with Crippen LogP contribution in [0.2, 0.25) is 0 Å². The Morgan fingerprint density at radius 2 is 2.26 bits per heavy atom. The molecule has 0 aliphatic carbocycles. The molecule has 0 aromatic heterocycles. The van der Waals surface area contributed by atoms with E-state index < -0.39 is 0 Å². The number of piperidine rings is 1. The molecular weight excluding hydrogens is 242 g/mol. The van der Waals surface area contributed by atoms with Gasteiger partial charge in [-0.15, -0.1) is 0 Å². The lowest BCUT2D eigenvalue weighted by atomic mass is 9.98. The molecule has 2 aliphatic heterocycles. The highest BCUT2D eigenvalue weighted by atomic mass is 16.7. The molecule has 1 aromatic carbocycles. The van der Waals surface area contributed by atoms with E-state index in [0.29, 0.717) is 23.1 Å². The standard InChI is InChI=1S/C15H19NO3/c1-2-11-6-3-4-9-16(11)15(17)12-7-5-8-13-14(12)19-10-18-13/h5,7-8,11H,2-4,6,9-10H2,1H3. The fourth-order valence-electron chi connectivity index (χ4n) is 2.95. The van der Waals surface area contributed by atoms with E-state index in [-0.39, 0.29) is 12.7 Å². The molecule has 19 heavy (non-hydrogen) atoms. The van der Waals surface area contributed by atoms with Crippen molar-refractivity contribution in [2.24, 2.45) is 0 Å². The fraction of sp³-hybridized carbons (Fsp3) is 0.533. The molecule has 3 rings (SSSR count). The van der Waals surface area contributed by atoms with Crippen LogP contribution in [0, 0.1) is 0 Å². The molecule has 1 atom stereocenters. The Labute approximate surface area is 113 Å². The maximum Gasteiger partial charge on any atom is 0.258 e. The van der Waals surface area contributed by atoms with Crippen molar-refractivity contribution in [3.8, 4) is 11.5 Å². The van der Waals surface area contributed by atoms with Gasteiger partial charge in [-0.2, -0.15) is 0 Å². The van der Waals surface area contributed by atoms with Crippen LogP contribution in [0.3, 0.4) is 0 Å². The molecule has 1 amide bonds. The lowest BCUT2D eigenvalue weighted by Crippen LogP contribution is -2.43. The van der Waals surface area contributed by atoms with Crippen molar-refractivity contribution >= 4 is 5.91 Å². The Kier molecular flexibility index (Phi) is 3.32. The average Bonchev–Trinajstić information content (AvgIpc) is 2.94. The SMILES string of the molecule is CCC1CCCCN1C(=O)c1cccc2c1OCO2. The average molecular weight is 261 g/mol. The molecule has 2 heterocycles. The number of hydrogen-bond donors (Lipinski definition) is 0. The largest absolute Gasteiger partial charge is 0.454 e. The van der Waals surface area contributed by atoms with Crippen LogP contribution in [0.5, 0.6) is 11.5 Å². The van der Waals surface area contributed by atoms with Crippen molar-refractivity contribution in [2.45, 2.75) is 38.6 Å². The number of benzene rings is 1. The molecule has 0 radical (unpaired) electrons. The molecule has 4 nitrogen and oxygen atoms in total. The second kappa shape index (κ2) is 5.11. The number of carbonyl (C=O) groups is 1. The van der Waals surface area contributed by atoms with Crippen molar-refractivity contribution in [1.29, 1.82) is 0 Å². The van der Waals surface area contributed by atoms with Crippen molar-refractivity contribution < 1.29 is 14.3 Å². The van der Waals surface area contributed by atoms with Gasteiger partial charge in [-0.25, -0.2) is 0 Å². The van der Waals surface area contributed by atoms with E-state index in [2.05, 4.69) is 6.92 Å². The van der Waals surface area contributed by atoms with Gasteiger partial charge in [-0.3, -0.25) is 4.79 Å². The molecule has 0 saturated carbocycles. The van der Waals surface area contributed by atoms with Gasteiger partial charge in [0.05, 0.1) is 5.56 Å². The quantitative estimate of drug-likeness (QED) is 0.821. The minimum Gasteiger partial charge on any atom is -0.454 e. The van der Waals surface area contributed by atoms with E-state index in [9.17, 15) is 4.79 Å². The zero-order chi connectivity index (χ0) is 13.2. The lowest BCUT2D eigenvalue weighted by Gasteiger charge is -2.35. The molecule has 0 spiro atoms. The van der Waals surface area contributed by atoms with E-state index in [1.54, 1.807) is 0 Å². The van der Waals surface area contributed by atoms with Crippen molar-refractivity contribution in [1.82, 2.24) is 4.90 Å². The van der Waals surface area contributed by atoms with Crippen LogP contribution in [0.15, 0.2) is 18.2 Å². The van der Waals surface area contributed by atoms with E-state index in [4.69, 9.17) is 9.47 Å². The summed E-state index contributed by atoms with van der Waals surface area (Å²) in [6.07, 6.45) is 4.43. The maximum absolute atomic E-state index is 12.7. The monoisotopic (exact) mass is 261 g/mol. The third-order valence-electron chi connectivity index (χ3n) is 3.99. The van der Waals surface area contributed by atoms with E-state index >= 15 is 0 Å². The molecule has 1 saturated heterocycles. The molecule has 1 fully saturated rings. The van der Waals surface area contributed by atoms with Gasteiger partial charge in [-0.05, 0) is 37.8 Å². The first-order chi connectivity index (χ1) is 9.31. The summed E-state index contributed by atoms with van der Waals surface area (Å²) in [4.78, 5) is 14.7. The fourth-order valence-corrected chi connectivity index (χ4v) is 2.95. The Morgan fingerprint density at radius 3 is 3.11 bits per heavy atom. The number of carbonyl (C=O) groups excluding carboxylic acids is 1. The van der Waals surface area contributed by atoms with Crippen LogP contribution in [-0.2, 0) is 0 Å². The van der Waals surface area contributed by atoms with E-state index in [0.717, 1.165) is 25.8 Å². The Balaban J connectivity index is 1.89. The van der Waals surface area contributed by atoms with Gasteiger partial charge in [0.25, 0.3) is 5.91 Å². The number of ether oxygens (including phenoxy) is 2. The number of nitrogens with zero attached hydrogens (tertiary/aromatic N) is 1. The Morgan fingerprint density at radius 1 is 1.37 bits per heavy atom. The van der Waals surface area contributed by atoms with Gasteiger partial charge in [0.15, 0.2) is 11.5 Å². The molecular formula is C15H19NO3. The minimum absolute atomic E-state index is 0.0777. The van der Waals surface area contributed by atoms with Crippen LogP contribution >= 0.6 is 0 Å². The first-order valence-electron chi connectivity index (χ1n) is 7.01. The predicted molar refractivity (Wildman–Crippen MR) is 71.5 cm³/mol. The third kappa shape index (κ3) is 2.15. The van der Waals surface area contributed by atoms with Crippen molar-refractivity contribution in [3.05, 3.63) is 23.8 Å². The van der Waals surface area contributed by atoms with Crippen molar-refractivity contribution in [3.63, 3.8) is 0 Å². The molecule has 102 valence electrons. The summed E-state index contributed by atoms with van der Waals surface area (Å²) in [5.74, 6) is 1.36. The van der Waals surface area contributed by atoms with Crippen LogP contribution in [0.1, 0.15) is 43.0 Å². The first-order valence-corrected chi connectivity index (χ1v) is 7.01. The third-order valence-corrected chi connectivity index (χ3v) is 3.99. The summed E-state index contributed by atoms with van der Waals surface area (Å²) in [6, 6.07) is 5.88. The van der Waals surface area contributed by atoms with Gasteiger partial charge in [0.2, 0.25) is 6.79 Å². The minimum atomic E-state index is 0.0777. The summed E-state index contributed by atoms with van der Waals surface area (Å²) < 4.78 is 10.8. The van der Waals surface area contributed by atoms with Gasteiger partial charge in [0, 0.05) is 12.6 Å². The normalized spacial score (nSPS) is 21.5. The number of para-hydroxylation sites is 1. The smallest absolute Gasteiger partial charge is 0.258 e. The van der Waals surface area contributed by atoms with Gasteiger partial charge >= 0.3 is 0 Å². The maximum atomic E-state index is 12.7. The summed E-state index contributed by atoms with van der Waals surface area (Å²) in [5, 5.41) is 0. The van der Waals surface area contributed by atoms with E-state index in [1.165, 1.54) is 6.42 Å². The zero-order valence-electron chi connectivity index (χ0n) is 11.2. The summed E-state index contributed by atoms with van der Waals surface area (Å²) in [5.41, 5.74) is 0.635. The molecule has 1 unspecified atom stereocenters. The number of fused-ring (bicyclic) bond motifs is 1. The van der Waals surface area contributed by atoms with Gasteiger partial charge in [-0.1, -0.05) is 13.0 Å². The zero-order valence-corrected chi connectivity index (χ0v) is 11.2. The van der Waals surface area contributed by atoms with Crippen LogP contribution in [0.4, 0.5) is 0 Å². The molecule has 2 aliphatic rings. The van der Waals surface area contributed by atoms with Crippen LogP contribution in [0.25, 0.3) is 0 Å². The highest BCUT2D eigenvalue weighted by Crippen LogP contribution is 2.36. The Bertz CT molecular complexity index is 486. The highest BCUT2D eigenvalue weighted by Gasteiger charge is 2.30. The second-order valence-corrected chi connectivity index (χ2v) is 5.10. The Hall–Kier alpha value is -1.71. The summed E-state index contributed by atoms with van der Waals surface area (Å²) in [7, 11) is 0. The topological polar surface area (TPSA) is 38.8 Å². The van der Waals surface area contributed by atoms with Crippen molar-refractivity contribution in [2.75, 3.05) is 13.3 Å². The van der Waals surface area contributed by atoms with E-state index in [1.807, 2.05) is 23.1 Å². The first kappa shape index (κ1) is 12.3. The number of amides is 1. The summed E-state index contributed by atoms with van der Waals surface area (Å²) >= 11 is 0.